The van der Waals surface area contributed by atoms with Gasteiger partial charge in [-0.05, 0) is 195 Å². The van der Waals surface area contributed by atoms with E-state index in [4.69, 9.17) is 9.47 Å². The van der Waals surface area contributed by atoms with Crippen LogP contribution in [0.1, 0.15) is 180 Å². The summed E-state index contributed by atoms with van der Waals surface area (Å²) in [5, 5.41) is 38.8. The first kappa shape index (κ1) is 78.9. The van der Waals surface area contributed by atoms with Crippen LogP contribution in [0, 0.1) is 0 Å². The second-order valence-corrected chi connectivity index (χ2v) is 28.5. The van der Waals surface area contributed by atoms with Crippen LogP contribution in [0.2, 0.25) is 0 Å². The van der Waals surface area contributed by atoms with Crippen molar-refractivity contribution in [3.63, 3.8) is 0 Å². The molecule has 0 heterocycles. The van der Waals surface area contributed by atoms with Crippen LogP contribution in [0.4, 0.5) is 34.1 Å². The lowest BCUT2D eigenvalue weighted by molar-refractivity contribution is -0.116. The van der Waals surface area contributed by atoms with Crippen LogP contribution in [-0.4, -0.2) is 71.6 Å². The van der Waals surface area contributed by atoms with E-state index in [1.807, 2.05) is 24.3 Å². The van der Waals surface area contributed by atoms with Crippen molar-refractivity contribution in [2.45, 2.75) is 153 Å². The summed E-state index contributed by atoms with van der Waals surface area (Å²) in [6.07, 6.45) is 14.3. The highest BCUT2D eigenvalue weighted by atomic mass is 32.2. The summed E-state index contributed by atoms with van der Waals surface area (Å²) in [5.74, 6) is -3.74. The molecule has 22 nitrogen and oxygen atoms in total. The van der Waals surface area contributed by atoms with Gasteiger partial charge in [0.15, 0.2) is 11.5 Å². The van der Waals surface area contributed by atoms with Gasteiger partial charge in [-0.15, -0.1) is 0 Å². The van der Waals surface area contributed by atoms with Crippen molar-refractivity contribution < 1.29 is 74.4 Å². The maximum Gasteiger partial charge on any atom is 0.295 e. The number of benzene rings is 9. The number of phenolic OH excluding ortho intramolecular Hbond substituents is 2. The van der Waals surface area contributed by atoms with Gasteiger partial charge >= 0.3 is 0 Å². The molecular weight excluding hydrogens is 1390 g/mol. The van der Waals surface area contributed by atoms with Crippen LogP contribution in [0.3, 0.4) is 0 Å². The zero-order valence-corrected chi connectivity index (χ0v) is 61.2. The highest BCUT2D eigenvalue weighted by Gasteiger charge is 2.26. The standard InChI is InChI=1S/C82H88N6O16S2/c1-5-9-13-25-53-27-21-37-71(63(53)33-15-11-7-3)103-73-43-41-55(45-67(73)87-81(95)65-35-17-19-39-75(65)105(97,98)99)79(93)85-61-31-23-29-59(51-61)83-77(91)49-57-47-70(90)58(48-69(57)89)50-78(92)84-60-30-24-32-62(52-60)86-80(94)56-42-44-74(68(46-56)88-82(96)66-36-18-20-40-76(66)106(100,101)102)104-72-38-22-28-54(26-14-10-6-2)64(72)34-16-12-8-4/h17-24,27-32,35-48,51-52,89-90H,5-16,25-26,33-34,49-50H2,1-4H3,(H,83,91)(H,84,92)(H,85,93)(H,86,94)(H,87,95)(H,88,96)(H,97,98,99)(H,100,101,102). The Morgan fingerprint density at radius 1 is 0.340 bits per heavy atom. The normalized spacial score (nSPS) is 11.3. The molecule has 9 aromatic rings. The molecule has 9 aromatic carbocycles. The number of amides is 6. The SMILES string of the molecule is CCCCCc1cccc(Oc2ccc(C(=O)Nc3cccc(NC(=O)Cc4cc(O)c(CC(=O)Nc5cccc(NC(=O)c6ccc(Oc7cccc(CCCCC)c7CCCCC)c(NC(=O)c7ccccc7S(=O)(=O)O)c6)c5)cc4O)c3)cc2NC(=O)c2ccccc2S(=O)(=O)O)c1CCCCC. The van der Waals surface area contributed by atoms with E-state index in [0.717, 1.165) is 149 Å². The highest BCUT2D eigenvalue weighted by molar-refractivity contribution is 7.86. The lowest BCUT2D eigenvalue weighted by Crippen LogP contribution is -2.18. The number of ether oxygens (including phenoxy) is 2. The van der Waals surface area contributed by atoms with Crippen molar-refractivity contribution in [1.29, 1.82) is 0 Å². The molecule has 6 amide bonds. The number of unbranched alkanes of at least 4 members (excludes halogenated alkanes) is 8. The summed E-state index contributed by atoms with van der Waals surface area (Å²) in [4.78, 5) is 81.9. The molecule has 0 aliphatic rings. The molecule has 0 aliphatic carbocycles. The summed E-state index contributed by atoms with van der Waals surface area (Å²) in [5.41, 5.74) is 4.73. The Labute approximate surface area is 617 Å². The number of phenols is 2. The molecule has 0 fully saturated rings. The lowest BCUT2D eigenvalue weighted by atomic mass is 9.96. The average Bonchev–Trinajstić information content (AvgIpc) is 0.808. The molecule has 0 bridgehead atoms. The number of anilines is 6. The first-order chi connectivity index (χ1) is 50.9. The quantitative estimate of drug-likeness (QED) is 0.00991. The van der Waals surface area contributed by atoms with Crippen LogP contribution < -0.4 is 41.4 Å². The van der Waals surface area contributed by atoms with Crippen molar-refractivity contribution in [3.05, 3.63) is 238 Å². The van der Waals surface area contributed by atoms with Gasteiger partial charge < -0.3 is 51.6 Å². The van der Waals surface area contributed by atoms with Gasteiger partial charge in [-0.2, -0.15) is 16.8 Å². The number of carbonyl (C=O) groups excluding carboxylic acids is 6. The van der Waals surface area contributed by atoms with E-state index in [2.05, 4.69) is 71.7 Å². The summed E-state index contributed by atoms with van der Waals surface area (Å²) in [7, 11) is -9.66. The number of hydrogen-bond acceptors (Lipinski definition) is 14. The van der Waals surface area contributed by atoms with E-state index in [-0.39, 0.29) is 79.0 Å². The Bertz CT molecular complexity index is 4620. The van der Waals surface area contributed by atoms with Gasteiger partial charge in [-0.1, -0.05) is 140 Å². The van der Waals surface area contributed by atoms with Gasteiger partial charge in [-0.3, -0.25) is 37.9 Å². The Balaban J connectivity index is 0.852. The number of rotatable bonds is 36. The molecule has 554 valence electrons. The Morgan fingerprint density at radius 3 is 1.06 bits per heavy atom. The van der Waals surface area contributed by atoms with Crippen molar-refractivity contribution in [1.82, 2.24) is 0 Å². The van der Waals surface area contributed by atoms with Crippen LogP contribution in [0.25, 0.3) is 0 Å². The molecule has 106 heavy (non-hydrogen) atoms. The zero-order chi connectivity index (χ0) is 75.9. The molecule has 0 atom stereocenters. The van der Waals surface area contributed by atoms with Crippen LogP contribution in [-0.2, 0) is 68.4 Å². The summed E-state index contributed by atoms with van der Waals surface area (Å²) in [6.45, 7) is 8.52. The molecule has 0 saturated heterocycles. The molecule has 0 saturated carbocycles. The minimum absolute atomic E-state index is 0.0160. The monoisotopic (exact) mass is 1480 g/mol. The minimum Gasteiger partial charge on any atom is -0.508 e. The van der Waals surface area contributed by atoms with Gasteiger partial charge in [0.2, 0.25) is 11.8 Å². The number of aryl methyl sites for hydroxylation is 2. The third-order valence-electron chi connectivity index (χ3n) is 17.6. The number of carbonyl (C=O) groups is 6. The van der Waals surface area contributed by atoms with E-state index in [1.54, 1.807) is 36.4 Å². The Kier molecular flexibility index (Phi) is 27.9. The van der Waals surface area contributed by atoms with Crippen molar-refractivity contribution in [2.24, 2.45) is 0 Å². The molecule has 0 aliphatic heterocycles. The fraction of sp³-hybridized carbons (Fsp3) is 0.268. The molecule has 9 rings (SSSR count). The second kappa shape index (κ2) is 37.5. The lowest BCUT2D eigenvalue weighted by Gasteiger charge is -2.19. The Morgan fingerprint density at radius 2 is 0.689 bits per heavy atom. The predicted molar refractivity (Wildman–Crippen MR) is 410 cm³/mol. The maximum absolute atomic E-state index is 14.1. The van der Waals surface area contributed by atoms with Crippen molar-refractivity contribution in [3.8, 4) is 34.5 Å². The third-order valence-corrected chi connectivity index (χ3v) is 19.5. The van der Waals surface area contributed by atoms with E-state index >= 15 is 0 Å². The van der Waals surface area contributed by atoms with Gasteiger partial charge in [-0.25, -0.2) is 0 Å². The van der Waals surface area contributed by atoms with Gasteiger partial charge in [0.05, 0.1) is 35.3 Å². The first-order valence-corrected chi connectivity index (χ1v) is 38.4. The minimum atomic E-state index is -4.83. The fourth-order valence-corrected chi connectivity index (χ4v) is 13.6. The van der Waals surface area contributed by atoms with E-state index in [0.29, 0.717) is 11.5 Å². The Hall–Kier alpha value is -11.2. The molecule has 0 unspecified atom stereocenters. The largest absolute Gasteiger partial charge is 0.508 e. The van der Waals surface area contributed by atoms with E-state index in [9.17, 15) is 64.9 Å². The van der Waals surface area contributed by atoms with E-state index < -0.39 is 89.8 Å². The first-order valence-electron chi connectivity index (χ1n) is 35.5. The zero-order valence-electron chi connectivity index (χ0n) is 59.6. The number of aromatic hydroxyl groups is 2. The van der Waals surface area contributed by atoms with E-state index in [1.165, 1.54) is 84.9 Å². The van der Waals surface area contributed by atoms with Crippen molar-refractivity contribution in [2.75, 3.05) is 31.9 Å². The van der Waals surface area contributed by atoms with Crippen LogP contribution >= 0.6 is 0 Å². The highest BCUT2D eigenvalue weighted by Crippen LogP contribution is 2.39. The number of hydrogen-bond donors (Lipinski definition) is 10. The van der Waals surface area contributed by atoms with Gasteiger partial charge in [0.25, 0.3) is 43.9 Å². The van der Waals surface area contributed by atoms with Crippen molar-refractivity contribution >= 4 is 89.8 Å². The van der Waals surface area contributed by atoms with Crippen LogP contribution in [0.5, 0.6) is 34.5 Å². The molecule has 0 radical (unpaired) electrons. The fourth-order valence-electron chi connectivity index (χ4n) is 12.2. The topological polar surface area (TPSA) is 342 Å². The molecule has 10 N–H and O–H groups in total. The smallest absolute Gasteiger partial charge is 0.295 e. The molecule has 0 aromatic heterocycles. The molecule has 0 spiro atoms. The third kappa shape index (κ3) is 21.9. The van der Waals surface area contributed by atoms with Gasteiger partial charge in [0, 0.05) is 45.0 Å². The molecular formula is C82H88N6O16S2. The second-order valence-electron chi connectivity index (χ2n) is 25.7. The maximum atomic E-state index is 14.1. The summed E-state index contributed by atoms with van der Waals surface area (Å²) >= 11 is 0. The van der Waals surface area contributed by atoms with Crippen LogP contribution in [0.15, 0.2) is 192 Å². The molecule has 24 heteroatoms. The average molecular weight is 1480 g/mol. The number of nitrogens with one attached hydrogen (secondary N) is 6. The summed E-state index contributed by atoms with van der Waals surface area (Å²) < 4.78 is 82.7. The predicted octanol–water partition coefficient (Wildman–Crippen LogP) is 17.5. The van der Waals surface area contributed by atoms with Gasteiger partial charge in [0.1, 0.15) is 32.8 Å². The summed E-state index contributed by atoms with van der Waals surface area (Å²) in [6, 6.07) is 45.4.